The van der Waals surface area contributed by atoms with Gasteiger partial charge in [-0.1, -0.05) is 5.82 Å². The van der Waals surface area contributed by atoms with E-state index in [1.807, 2.05) is 0 Å². The van der Waals surface area contributed by atoms with Gasteiger partial charge in [0.1, 0.15) is 0 Å². The summed E-state index contributed by atoms with van der Waals surface area (Å²) in [4.78, 5) is 12.0. The molecule has 0 amide bonds. The third kappa shape index (κ3) is 3.37. The predicted molar refractivity (Wildman–Crippen MR) is 68.2 cm³/mol. The van der Waals surface area contributed by atoms with Crippen LogP contribution >= 0.6 is 0 Å². The Morgan fingerprint density at radius 1 is 1.25 bits per heavy atom. The van der Waals surface area contributed by atoms with Gasteiger partial charge in [0.05, 0.1) is 31.4 Å². The van der Waals surface area contributed by atoms with Crippen molar-refractivity contribution in [2.75, 3.05) is 0 Å². The van der Waals surface area contributed by atoms with Crippen LogP contribution in [-0.2, 0) is 4.79 Å². The minimum absolute atomic E-state index is 0.481. The minimum Gasteiger partial charge on any atom is -0.482 e. The van der Waals surface area contributed by atoms with Crippen molar-refractivity contribution in [1.29, 1.82) is 0 Å². The first-order valence-corrected chi connectivity index (χ1v) is 4.78. The van der Waals surface area contributed by atoms with Gasteiger partial charge in [-0.15, -0.1) is 0 Å². The number of nitrogens with zero attached hydrogens (tertiary/aromatic N) is 1. The van der Waals surface area contributed by atoms with Crippen LogP contribution in [0.25, 0.3) is 0 Å². The van der Waals surface area contributed by atoms with Gasteiger partial charge in [0.2, 0.25) is 0 Å². The van der Waals surface area contributed by atoms with Crippen molar-refractivity contribution < 1.29 is 9.90 Å². The number of hydrogen-bond acceptors (Lipinski definition) is 2. The Bertz CT molecular complexity index is 266. The molecule has 10 radical (unpaired) electrons. The monoisotopic (exact) mass is 209 g/mol. The predicted octanol–water partition coefficient (Wildman–Crippen LogP) is -0.840. The molecule has 0 heterocycles. The summed E-state index contributed by atoms with van der Waals surface area (Å²) in [7, 11) is 27.8. The van der Waals surface area contributed by atoms with Crippen LogP contribution in [0.2, 0.25) is 11.0 Å². The van der Waals surface area contributed by atoms with Crippen LogP contribution in [0.3, 0.4) is 0 Å². The molecular formula is C8H12B5NO2. The molecule has 0 aromatic carbocycles. The molecule has 0 aliphatic rings. The van der Waals surface area contributed by atoms with Crippen molar-refractivity contribution >= 4 is 45.3 Å². The lowest BCUT2D eigenvalue weighted by molar-refractivity contribution is -0.138. The van der Waals surface area contributed by atoms with Crippen LogP contribution in [0.1, 0.15) is 20.8 Å². The second-order valence-corrected chi connectivity index (χ2v) is 4.83. The largest absolute Gasteiger partial charge is 0.482 e. The fraction of sp³-hybridized carbons (Fsp3) is 0.875. The lowest BCUT2D eigenvalue weighted by Crippen LogP contribution is -2.52. The maximum absolute atomic E-state index is 10.8. The summed E-state index contributed by atoms with van der Waals surface area (Å²) in [6.45, 7) is 5.40. The van der Waals surface area contributed by atoms with Crippen molar-refractivity contribution in [2.45, 2.75) is 43.3 Å². The molecule has 0 saturated heterocycles. The Hall–Kier alpha value is -0.245. The number of carbonyl (C=O) groups is 1. The molecule has 0 fully saturated rings. The molecule has 8 heteroatoms. The van der Waals surface area contributed by atoms with Gasteiger partial charge < -0.3 is 9.92 Å². The molecular weight excluding hydrogens is 196 g/mol. The van der Waals surface area contributed by atoms with Gasteiger partial charge in [0.15, 0.2) is 7.98 Å². The lowest BCUT2D eigenvalue weighted by Gasteiger charge is -2.45. The zero-order valence-corrected chi connectivity index (χ0v) is 9.84. The molecule has 0 rings (SSSR count). The molecule has 0 aliphatic carbocycles. The van der Waals surface area contributed by atoms with Crippen molar-refractivity contribution in [2.24, 2.45) is 0 Å². The van der Waals surface area contributed by atoms with E-state index in [0.29, 0.717) is 0 Å². The Morgan fingerprint density at radius 3 is 1.88 bits per heavy atom. The summed E-state index contributed by atoms with van der Waals surface area (Å²) in [6, 6.07) is 0. The quantitative estimate of drug-likeness (QED) is 0.612. The van der Waals surface area contributed by atoms with E-state index in [1.165, 1.54) is 4.81 Å². The van der Waals surface area contributed by atoms with E-state index in [4.69, 9.17) is 44.5 Å². The summed E-state index contributed by atoms with van der Waals surface area (Å²) in [5.74, 6) is -3.60. The van der Waals surface area contributed by atoms with Crippen LogP contribution in [0.4, 0.5) is 0 Å². The number of hydrogen-bond donors (Lipinski definition) is 1. The summed E-state index contributed by atoms with van der Waals surface area (Å²) < 4.78 is 0. The first kappa shape index (κ1) is 15.8. The summed E-state index contributed by atoms with van der Waals surface area (Å²) in [5.41, 5.74) is -0.481. The van der Waals surface area contributed by atoms with Crippen molar-refractivity contribution in [3.05, 3.63) is 0 Å². The average Bonchev–Trinajstić information content (AvgIpc) is 2.12. The van der Waals surface area contributed by atoms with Gasteiger partial charge in [0.25, 0.3) is 5.97 Å². The minimum atomic E-state index is -2.12. The van der Waals surface area contributed by atoms with Crippen LogP contribution in [0.15, 0.2) is 0 Å². The van der Waals surface area contributed by atoms with Gasteiger partial charge in [-0.05, 0) is 31.9 Å². The zero-order valence-electron chi connectivity index (χ0n) is 9.84. The highest BCUT2D eigenvalue weighted by atomic mass is 16.4. The van der Waals surface area contributed by atoms with Gasteiger partial charge in [0, 0.05) is 5.54 Å². The van der Waals surface area contributed by atoms with Gasteiger partial charge in [-0.2, -0.15) is 0 Å². The molecule has 0 aromatic rings. The highest BCUT2D eigenvalue weighted by molar-refractivity contribution is 6.54. The highest BCUT2D eigenvalue weighted by Gasteiger charge is 2.37. The van der Waals surface area contributed by atoms with Gasteiger partial charge >= 0.3 is 0 Å². The Morgan fingerprint density at radius 2 is 1.62 bits per heavy atom. The summed E-state index contributed by atoms with van der Waals surface area (Å²) in [5, 5.41) is 6.68. The maximum Gasteiger partial charge on any atom is 0.291 e. The van der Waals surface area contributed by atoms with E-state index in [2.05, 4.69) is 0 Å². The van der Waals surface area contributed by atoms with Crippen molar-refractivity contribution in [1.82, 2.24) is 4.81 Å². The second kappa shape index (κ2) is 4.95. The number of aliphatic carboxylic acids is 1. The molecule has 76 valence electrons. The van der Waals surface area contributed by atoms with E-state index < -0.39 is 28.5 Å². The molecule has 2 unspecified atom stereocenters. The smallest absolute Gasteiger partial charge is 0.291 e. The molecule has 2 atom stereocenters. The normalized spacial score (nSPS) is 17.0. The summed E-state index contributed by atoms with van der Waals surface area (Å²) in [6.07, 6.45) is 0. The van der Waals surface area contributed by atoms with Crippen molar-refractivity contribution in [3.8, 4) is 0 Å². The van der Waals surface area contributed by atoms with E-state index in [-0.39, 0.29) is 0 Å². The fourth-order valence-electron chi connectivity index (χ4n) is 1.05. The van der Waals surface area contributed by atoms with Crippen LogP contribution in [0, 0.1) is 0 Å². The number of carboxylic acid groups (broad SMARTS) is 1. The zero-order chi connectivity index (χ0) is 13.3. The molecule has 0 aromatic heterocycles. The van der Waals surface area contributed by atoms with E-state index in [9.17, 15) is 4.79 Å². The first-order valence-electron chi connectivity index (χ1n) is 4.78. The molecule has 0 aliphatic heterocycles. The molecule has 0 spiro atoms. The first-order chi connectivity index (χ1) is 6.92. The topological polar surface area (TPSA) is 40.5 Å². The van der Waals surface area contributed by atoms with Crippen molar-refractivity contribution in [3.63, 3.8) is 0 Å². The van der Waals surface area contributed by atoms with Gasteiger partial charge in [-0.25, -0.2) is 0 Å². The standard InChI is InChI=1S/C8H12B5NO2/c1-7(2,3)14(13)5(10)4(9)8(11,12)6(15)16/h4-5H,1-3H3,(H,15,16). The Balaban J connectivity index is 4.88. The van der Waals surface area contributed by atoms with E-state index in [0.717, 1.165) is 0 Å². The summed E-state index contributed by atoms with van der Waals surface area (Å²) >= 11 is 0. The Kier molecular flexibility index (Phi) is 4.87. The van der Waals surface area contributed by atoms with E-state index in [1.54, 1.807) is 20.8 Å². The lowest BCUT2D eigenvalue weighted by atomic mass is 9.40. The molecule has 1 N–H and O–H groups in total. The highest BCUT2D eigenvalue weighted by Crippen LogP contribution is 2.35. The van der Waals surface area contributed by atoms with Crippen LogP contribution in [0.5, 0.6) is 0 Å². The second-order valence-electron chi connectivity index (χ2n) is 4.83. The van der Waals surface area contributed by atoms with Crippen LogP contribution < -0.4 is 0 Å². The molecule has 3 nitrogen and oxygen atoms in total. The maximum atomic E-state index is 10.8. The number of rotatable bonds is 4. The SMILES string of the molecule is [B]C(C([B])C([B])([B])C(=O)O)N([B])C(C)(C)C. The Labute approximate surface area is 104 Å². The van der Waals surface area contributed by atoms with E-state index >= 15 is 0 Å². The third-order valence-electron chi connectivity index (χ3n) is 2.39. The molecule has 0 saturated carbocycles. The number of carboxylic acids is 1. The van der Waals surface area contributed by atoms with Gasteiger partial charge in [-0.3, -0.25) is 4.79 Å². The fourth-order valence-corrected chi connectivity index (χ4v) is 1.05. The molecule has 16 heavy (non-hydrogen) atoms. The third-order valence-corrected chi connectivity index (χ3v) is 2.39. The average molecular weight is 208 g/mol. The molecule has 0 bridgehead atoms. The van der Waals surface area contributed by atoms with Crippen LogP contribution in [-0.4, -0.2) is 66.7 Å².